The summed E-state index contributed by atoms with van der Waals surface area (Å²) in [7, 11) is 2.33. The summed E-state index contributed by atoms with van der Waals surface area (Å²) < 4.78 is 1.08. The first-order valence-electron chi connectivity index (χ1n) is 6.76. The van der Waals surface area contributed by atoms with Crippen LogP contribution in [0.4, 0.5) is 0 Å². The topological polar surface area (TPSA) is 20.2 Å². The van der Waals surface area contributed by atoms with E-state index >= 15 is 0 Å². The van der Waals surface area contributed by atoms with Gasteiger partial charge in [-0.25, -0.2) is 0 Å². The Kier molecular flexibility index (Phi) is 2.72. The highest BCUT2D eigenvalue weighted by Crippen LogP contribution is 2.41. The Balaban J connectivity index is 1.85. The molecule has 3 saturated heterocycles. The molecule has 3 fully saturated rings. The van der Waals surface area contributed by atoms with Crippen molar-refractivity contribution in [2.24, 2.45) is 5.92 Å². The molecule has 1 N–H and O–H groups in total. The average Bonchev–Trinajstić information content (AvgIpc) is 2.39. The van der Waals surface area contributed by atoms with Crippen molar-refractivity contribution < 1.29 is 9.59 Å². The number of hydrogen-bond acceptors (Lipinski definition) is 1. The minimum Gasteiger partial charge on any atom is -0.382 e. The van der Waals surface area contributed by atoms with E-state index in [-0.39, 0.29) is 6.10 Å². The van der Waals surface area contributed by atoms with Crippen molar-refractivity contribution in [3.8, 4) is 0 Å². The predicted octanol–water partition coefficient (Wildman–Crippen LogP) is 2.35. The van der Waals surface area contributed by atoms with Gasteiger partial charge in [0.05, 0.1) is 20.1 Å². The van der Waals surface area contributed by atoms with Gasteiger partial charge in [-0.2, -0.15) is 0 Å². The lowest BCUT2D eigenvalue weighted by molar-refractivity contribution is -0.953. The standard InChI is InChI=1S/C15H22NO/c1-16-9-7-12(8-10-16)11-14(16)15(17)13-5-3-2-4-6-13/h2-6,12,14-15,17H,7-11H2,1H3/q+1/t12?,14-,15+,16?/m1/s1. The van der Waals surface area contributed by atoms with E-state index in [0.717, 1.165) is 16.0 Å². The van der Waals surface area contributed by atoms with Crippen molar-refractivity contribution in [2.75, 3.05) is 20.1 Å². The summed E-state index contributed by atoms with van der Waals surface area (Å²) in [5, 5.41) is 10.6. The largest absolute Gasteiger partial charge is 0.382 e. The van der Waals surface area contributed by atoms with Crippen molar-refractivity contribution in [1.29, 1.82) is 0 Å². The summed E-state index contributed by atoms with van der Waals surface area (Å²) in [6.45, 7) is 2.50. The van der Waals surface area contributed by atoms with Gasteiger partial charge in [0, 0.05) is 6.42 Å². The first-order valence-corrected chi connectivity index (χ1v) is 6.76. The average molecular weight is 232 g/mol. The van der Waals surface area contributed by atoms with Gasteiger partial charge in [-0.15, -0.1) is 0 Å². The van der Waals surface area contributed by atoms with Crippen molar-refractivity contribution in [3.63, 3.8) is 0 Å². The van der Waals surface area contributed by atoms with E-state index in [1.165, 1.54) is 32.4 Å². The van der Waals surface area contributed by atoms with E-state index in [2.05, 4.69) is 19.2 Å². The molecule has 0 spiro atoms. The fourth-order valence-electron chi connectivity index (χ4n) is 3.72. The van der Waals surface area contributed by atoms with Crippen LogP contribution in [0.25, 0.3) is 0 Å². The molecule has 1 aromatic rings. The SMILES string of the molecule is C[N+]12CCC(CC1)C[C@@H]2[C@@H](O)c1ccccc1. The Labute approximate surface area is 103 Å². The molecular formula is C15H22NO+. The summed E-state index contributed by atoms with van der Waals surface area (Å²) in [4.78, 5) is 0. The first kappa shape index (κ1) is 11.2. The van der Waals surface area contributed by atoms with Gasteiger partial charge in [-0.3, -0.25) is 0 Å². The van der Waals surface area contributed by atoms with Gasteiger partial charge in [0.25, 0.3) is 0 Å². The molecule has 2 heteroatoms. The second-order valence-corrected chi connectivity index (χ2v) is 6.03. The summed E-state index contributed by atoms with van der Waals surface area (Å²) in [6.07, 6.45) is 3.62. The van der Waals surface area contributed by atoms with Crippen LogP contribution >= 0.6 is 0 Å². The molecule has 3 heterocycles. The van der Waals surface area contributed by atoms with Crippen LogP contribution in [-0.4, -0.2) is 35.8 Å². The molecule has 0 aromatic heterocycles. The molecule has 2 bridgehead atoms. The molecule has 3 aliphatic heterocycles. The molecule has 17 heavy (non-hydrogen) atoms. The lowest BCUT2D eigenvalue weighted by Gasteiger charge is -2.53. The van der Waals surface area contributed by atoms with E-state index in [1.54, 1.807) is 0 Å². The maximum Gasteiger partial charge on any atom is 0.131 e. The zero-order valence-electron chi connectivity index (χ0n) is 10.5. The molecule has 92 valence electrons. The predicted molar refractivity (Wildman–Crippen MR) is 68.4 cm³/mol. The van der Waals surface area contributed by atoms with E-state index in [0.29, 0.717) is 6.04 Å². The Morgan fingerprint density at radius 3 is 2.41 bits per heavy atom. The number of aliphatic hydroxyl groups is 1. The summed E-state index contributed by atoms with van der Waals surface area (Å²) in [5.74, 6) is 0.860. The smallest absolute Gasteiger partial charge is 0.131 e. The first-order chi connectivity index (χ1) is 8.19. The van der Waals surface area contributed by atoms with Gasteiger partial charge in [0.1, 0.15) is 12.1 Å². The van der Waals surface area contributed by atoms with Crippen molar-refractivity contribution in [1.82, 2.24) is 0 Å². The molecule has 3 aliphatic rings. The third kappa shape index (κ3) is 1.90. The Morgan fingerprint density at radius 1 is 1.18 bits per heavy atom. The third-order valence-corrected chi connectivity index (χ3v) is 4.98. The quantitative estimate of drug-likeness (QED) is 0.776. The minimum atomic E-state index is -0.288. The molecular weight excluding hydrogens is 210 g/mol. The number of piperidine rings is 3. The fraction of sp³-hybridized carbons (Fsp3) is 0.600. The van der Waals surface area contributed by atoms with E-state index in [1.807, 2.05) is 18.2 Å². The zero-order valence-corrected chi connectivity index (χ0v) is 10.5. The van der Waals surface area contributed by atoms with Crippen molar-refractivity contribution in [3.05, 3.63) is 35.9 Å². The van der Waals surface area contributed by atoms with Crippen LogP contribution in [0, 0.1) is 5.92 Å². The van der Waals surface area contributed by atoms with Gasteiger partial charge >= 0.3 is 0 Å². The highest BCUT2D eigenvalue weighted by atomic mass is 16.3. The monoisotopic (exact) mass is 232 g/mol. The second kappa shape index (κ2) is 4.11. The second-order valence-electron chi connectivity index (χ2n) is 6.03. The number of likely N-dealkylation sites (N-methyl/N-ethyl adjacent to an activating group) is 1. The van der Waals surface area contributed by atoms with E-state index in [4.69, 9.17) is 0 Å². The molecule has 0 amide bonds. The van der Waals surface area contributed by atoms with E-state index in [9.17, 15) is 5.11 Å². The van der Waals surface area contributed by atoms with Crippen LogP contribution in [0.1, 0.15) is 30.9 Å². The number of hydrogen-bond donors (Lipinski definition) is 1. The summed E-state index contributed by atoms with van der Waals surface area (Å²) in [6, 6.07) is 10.6. The zero-order chi connectivity index (χ0) is 11.9. The number of aliphatic hydroxyl groups excluding tert-OH is 1. The van der Waals surface area contributed by atoms with Gasteiger partial charge in [-0.1, -0.05) is 30.3 Å². The highest BCUT2D eigenvalue weighted by molar-refractivity contribution is 5.18. The van der Waals surface area contributed by atoms with Crippen molar-refractivity contribution in [2.45, 2.75) is 31.4 Å². The third-order valence-electron chi connectivity index (χ3n) is 4.98. The van der Waals surface area contributed by atoms with Crippen LogP contribution in [-0.2, 0) is 0 Å². The number of rotatable bonds is 2. The normalized spacial score (nSPS) is 38.0. The number of nitrogens with zero attached hydrogens (tertiary/aromatic N) is 1. The van der Waals surface area contributed by atoms with Crippen molar-refractivity contribution >= 4 is 0 Å². The van der Waals surface area contributed by atoms with Crippen LogP contribution in [0.15, 0.2) is 30.3 Å². The number of benzene rings is 1. The molecule has 1 aromatic carbocycles. The summed E-state index contributed by atoms with van der Waals surface area (Å²) in [5.41, 5.74) is 1.09. The van der Waals surface area contributed by atoms with Crippen LogP contribution < -0.4 is 0 Å². The Bertz CT molecular complexity index is 381. The van der Waals surface area contributed by atoms with Crippen LogP contribution in [0.3, 0.4) is 0 Å². The molecule has 2 atom stereocenters. The number of fused-ring (bicyclic) bond motifs is 3. The van der Waals surface area contributed by atoms with Gasteiger partial charge in [0.2, 0.25) is 0 Å². The summed E-state index contributed by atoms with van der Waals surface area (Å²) >= 11 is 0. The van der Waals surface area contributed by atoms with E-state index < -0.39 is 0 Å². The molecule has 2 nitrogen and oxygen atoms in total. The molecule has 0 saturated carbocycles. The minimum absolute atomic E-state index is 0.288. The molecule has 0 radical (unpaired) electrons. The van der Waals surface area contributed by atoms with Gasteiger partial charge in [-0.05, 0) is 24.3 Å². The Morgan fingerprint density at radius 2 is 1.82 bits per heavy atom. The fourth-order valence-corrected chi connectivity index (χ4v) is 3.72. The van der Waals surface area contributed by atoms with Crippen LogP contribution in [0.5, 0.6) is 0 Å². The Hall–Kier alpha value is -0.860. The maximum absolute atomic E-state index is 10.6. The van der Waals surface area contributed by atoms with Gasteiger partial charge in [0.15, 0.2) is 0 Å². The molecule has 0 unspecified atom stereocenters. The highest BCUT2D eigenvalue weighted by Gasteiger charge is 2.47. The molecule has 0 aliphatic carbocycles. The maximum atomic E-state index is 10.6. The number of quaternary nitrogens is 1. The molecule has 4 rings (SSSR count). The lowest BCUT2D eigenvalue weighted by Crippen LogP contribution is -2.63. The van der Waals surface area contributed by atoms with Crippen LogP contribution in [0.2, 0.25) is 0 Å². The lowest BCUT2D eigenvalue weighted by atomic mass is 9.78. The van der Waals surface area contributed by atoms with Gasteiger partial charge < -0.3 is 9.59 Å².